The van der Waals surface area contributed by atoms with Gasteiger partial charge in [-0.2, -0.15) is 0 Å². The van der Waals surface area contributed by atoms with E-state index >= 15 is 0 Å². The fourth-order valence-electron chi connectivity index (χ4n) is 5.92. The zero-order valence-corrected chi connectivity index (χ0v) is 19.5. The smallest absolute Gasteiger partial charge is 0.255 e. The summed E-state index contributed by atoms with van der Waals surface area (Å²) in [6.45, 7) is 2.06. The third-order valence-corrected chi connectivity index (χ3v) is 7.50. The van der Waals surface area contributed by atoms with Gasteiger partial charge in [0.2, 0.25) is 5.78 Å². The van der Waals surface area contributed by atoms with Gasteiger partial charge in [0.25, 0.3) is 5.91 Å². The molecule has 3 aliphatic carbocycles. The molecule has 0 aromatic heterocycles. The van der Waals surface area contributed by atoms with Crippen molar-refractivity contribution in [2.75, 3.05) is 14.1 Å². The van der Waals surface area contributed by atoms with E-state index in [0.717, 1.165) is 24.8 Å². The number of primary amides is 1. The van der Waals surface area contributed by atoms with Crippen LogP contribution >= 0.6 is 0 Å². The average Bonchev–Trinajstić information content (AvgIpc) is 2.75. The molecule has 34 heavy (non-hydrogen) atoms. The number of aryl methyl sites for hydroxylation is 1. The van der Waals surface area contributed by atoms with Crippen LogP contribution in [0.4, 0.5) is 0 Å². The molecule has 1 aromatic rings. The summed E-state index contributed by atoms with van der Waals surface area (Å²) in [5.74, 6) is -6.33. The summed E-state index contributed by atoms with van der Waals surface area (Å²) >= 11 is 0. The number of ketones is 2. The van der Waals surface area contributed by atoms with Crippen LogP contribution in [0.25, 0.3) is 0 Å². The second kappa shape index (κ2) is 8.25. The number of phenolic OH excluding ortho intramolecular Hbond substituents is 1. The molecule has 3 aliphatic rings. The first-order valence-corrected chi connectivity index (χ1v) is 11.4. The van der Waals surface area contributed by atoms with Crippen LogP contribution in [0.3, 0.4) is 0 Å². The van der Waals surface area contributed by atoms with Crippen LogP contribution in [0, 0.1) is 11.8 Å². The van der Waals surface area contributed by atoms with E-state index in [1.165, 1.54) is 11.0 Å². The van der Waals surface area contributed by atoms with Gasteiger partial charge in [-0.15, -0.1) is 0 Å². The van der Waals surface area contributed by atoms with Crippen molar-refractivity contribution in [1.82, 2.24) is 4.90 Å². The molecule has 6 N–H and O–H groups in total. The first-order valence-electron chi connectivity index (χ1n) is 11.4. The Bertz CT molecular complexity index is 1170. The Morgan fingerprint density at radius 1 is 1.21 bits per heavy atom. The molecule has 0 saturated heterocycles. The van der Waals surface area contributed by atoms with Gasteiger partial charge in [-0.3, -0.25) is 19.3 Å². The van der Waals surface area contributed by atoms with Crippen molar-refractivity contribution in [3.63, 3.8) is 0 Å². The number of Topliss-reactive ketones (excluding diaryl/α,β-unsaturated/α-hetero) is 2. The Morgan fingerprint density at radius 3 is 2.47 bits per heavy atom. The van der Waals surface area contributed by atoms with E-state index in [4.69, 9.17) is 5.73 Å². The minimum absolute atomic E-state index is 0.0642. The molecule has 0 aliphatic heterocycles. The number of carbonyl (C=O) groups is 3. The van der Waals surface area contributed by atoms with E-state index in [2.05, 4.69) is 6.92 Å². The highest BCUT2D eigenvalue weighted by molar-refractivity contribution is 6.24. The molecule has 4 rings (SSSR count). The number of rotatable bonds is 5. The van der Waals surface area contributed by atoms with Crippen LogP contribution in [0.2, 0.25) is 0 Å². The molecule has 0 fully saturated rings. The van der Waals surface area contributed by atoms with E-state index < -0.39 is 58.0 Å². The summed E-state index contributed by atoms with van der Waals surface area (Å²) in [6, 6.07) is 2.25. The highest BCUT2D eigenvalue weighted by atomic mass is 16.3. The van der Waals surface area contributed by atoms with Crippen molar-refractivity contribution >= 4 is 17.5 Å². The minimum Gasteiger partial charge on any atom is -0.510 e. The monoisotopic (exact) mass is 470 g/mol. The summed E-state index contributed by atoms with van der Waals surface area (Å²) in [4.78, 5) is 40.3. The quantitative estimate of drug-likeness (QED) is 0.404. The average molecular weight is 471 g/mol. The second-order valence-electron chi connectivity index (χ2n) is 9.66. The summed E-state index contributed by atoms with van der Waals surface area (Å²) in [6.07, 6.45) is 2.99. The van der Waals surface area contributed by atoms with Crippen LogP contribution in [0.1, 0.15) is 47.7 Å². The van der Waals surface area contributed by atoms with E-state index in [-0.39, 0.29) is 23.3 Å². The fraction of sp³-hybridized carbons (Fsp3) is 0.480. The number of phenols is 1. The zero-order chi connectivity index (χ0) is 25.1. The van der Waals surface area contributed by atoms with E-state index in [0.29, 0.717) is 12.0 Å². The predicted octanol–water partition coefficient (Wildman–Crippen LogP) is 1.46. The Kier molecular flexibility index (Phi) is 5.81. The fourth-order valence-corrected chi connectivity index (χ4v) is 5.92. The molecule has 0 bridgehead atoms. The van der Waals surface area contributed by atoms with Gasteiger partial charge in [0.1, 0.15) is 22.8 Å². The molecular weight excluding hydrogens is 440 g/mol. The van der Waals surface area contributed by atoms with Gasteiger partial charge < -0.3 is 26.2 Å². The third kappa shape index (κ3) is 3.18. The lowest BCUT2D eigenvalue weighted by atomic mass is 9.58. The van der Waals surface area contributed by atoms with E-state index in [9.17, 15) is 34.8 Å². The van der Waals surface area contributed by atoms with E-state index in [1.807, 2.05) is 0 Å². The van der Waals surface area contributed by atoms with E-state index in [1.54, 1.807) is 20.2 Å². The van der Waals surface area contributed by atoms with Gasteiger partial charge in [0, 0.05) is 11.5 Å². The lowest BCUT2D eigenvalue weighted by Gasteiger charge is -2.50. The number of unbranched alkanes of at least 4 members (excludes halogenated alkanes) is 1. The number of hydrogen-bond donors (Lipinski definition) is 5. The van der Waals surface area contributed by atoms with Gasteiger partial charge in [0.15, 0.2) is 11.4 Å². The first-order chi connectivity index (χ1) is 16.0. The van der Waals surface area contributed by atoms with Crippen molar-refractivity contribution < 1.29 is 34.8 Å². The number of fused-ring (bicyclic) bond motifs is 3. The largest absolute Gasteiger partial charge is 0.510 e. The summed E-state index contributed by atoms with van der Waals surface area (Å²) in [5, 5.41) is 44.1. The maximum Gasteiger partial charge on any atom is 0.255 e. The second-order valence-corrected chi connectivity index (χ2v) is 9.66. The topological polar surface area (TPSA) is 161 Å². The van der Waals surface area contributed by atoms with Gasteiger partial charge in [0.05, 0.1) is 11.6 Å². The van der Waals surface area contributed by atoms with Gasteiger partial charge >= 0.3 is 0 Å². The van der Waals surface area contributed by atoms with Gasteiger partial charge in [-0.25, -0.2) is 0 Å². The molecule has 9 nitrogen and oxygen atoms in total. The molecule has 1 aromatic carbocycles. The highest BCUT2D eigenvalue weighted by Gasteiger charge is 2.63. The van der Waals surface area contributed by atoms with Crippen molar-refractivity contribution in [1.29, 1.82) is 0 Å². The molecule has 0 heterocycles. The maximum absolute atomic E-state index is 13.6. The number of nitrogens with zero attached hydrogens (tertiary/aromatic N) is 1. The van der Waals surface area contributed by atoms with Crippen molar-refractivity contribution in [2.45, 2.75) is 50.7 Å². The predicted molar refractivity (Wildman–Crippen MR) is 122 cm³/mol. The minimum atomic E-state index is -2.61. The number of amides is 1. The molecule has 9 heteroatoms. The van der Waals surface area contributed by atoms with Crippen LogP contribution in [-0.2, 0) is 22.4 Å². The number of aromatic hydroxyl groups is 1. The molecule has 0 radical (unpaired) electrons. The Labute approximate surface area is 197 Å². The Hall–Kier alpha value is -3.17. The molecule has 4 atom stereocenters. The maximum atomic E-state index is 13.6. The van der Waals surface area contributed by atoms with Crippen molar-refractivity contribution in [2.24, 2.45) is 17.6 Å². The number of aliphatic hydroxyl groups excluding tert-OH is 2. The molecule has 1 amide bonds. The molecule has 0 spiro atoms. The highest BCUT2D eigenvalue weighted by Crippen LogP contribution is 2.52. The lowest BCUT2D eigenvalue weighted by Crippen LogP contribution is -2.63. The van der Waals surface area contributed by atoms with Crippen molar-refractivity contribution in [3.8, 4) is 5.75 Å². The van der Waals surface area contributed by atoms with Crippen molar-refractivity contribution in [3.05, 3.63) is 51.5 Å². The summed E-state index contributed by atoms with van der Waals surface area (Å²) in [5.41, 5.74) is 3.48. The summed E-state index contributed by atoms with van der Waals surface area (Å²) < 4.78 is 0. The van der Waals surface area contributed by atoms with Crippen LogP contribution in [-0.4, -0.2) is 68.5 Å². The lowest BCUT2D eigenvalue weighted by molar-refractivity contribution is -0.148. The molecule has 0 unspecified atom stereocenters. The van der Waals surface area contributed by atoms with Gasteiger partial charge in [-0.1, -0.05) is 19.4 Å². The zero-order valence-electron chi connectivity index (χ0n) is 19.5. The normalized spacial score (nSPS) is 28.7. The number of carbonyl (C=O) groups excluding carboxylic acids is 3. The van der Waals surface area contributed by atoms with Crippen LogP contribution in [0.15, 0.2) is 34.8 Å². The molecular formula is C25H30N2O7. The SMILES string of the molecule is CCCCc1ccc(O)c2c1C[C@H]1C[C@@H]3[C@H](N(C)C)C(O)=C(C(N)=O)C(=O)[C@@]3(O)C(O)=C1C2=O. The molecule has 0 saturated carbocycles. The number of likely N-dealkylation sites (N-methyl/N-ethyl adjacent to an activating group) is 1. The number of benzene rings is 1. The Morgan fingerprint density at radius 2 is 1.88 bits per heavy atom. The number of hydrogen-bond acceptors (Lipinski definition) is 8. The van der Waals surface area contributed by atoms with Gasteiger partial charge in [-0.05, 0) is 62.9 Å². The number of allylic oxidation sites excluding steroid dienone is 1. The Balaban J connectivity index is 1.93. The first kappa shape index (κ1) is 24.0. The summed E-state index contributed by atoms with van der Waals surface area (Å²) in [7, 11) is 3.21. The van der Waals surface area contributed by atoms with Crippen LogP contribution in [0.5, 0.6) is 5.75 Å². The number of nitrogens with two attached hydrogens (primary N) is 1. The molecule has 182 valence electrons. The van der Waals surface area contributed by atoms with Crippen LogP contribution < -0.4 is 5.73 Å². The third-order valence-electron chi connectivity index (χ3n) is 7.50. The number of aliphatic hydroxyl groups is 3. The standard InChI is InChI=1S/C25H30N2O7/c1-4-5-6-11-7-8-15(28)17-13(11)9-12-10-14-19(27(2)3)21(30)18(24(26)33)23(32)25(14,34)22(31)16(12)20(17)29/h7-8,12,14,19,28,30-31,34H,4-6,9-10H2,1-3H3,(H2,26,33)/t12-,14+,19-,25-/m0/s1.